The van der Waals surface area contributed by atoms with Gasteiger partial charge in [-0.25, -0.2) is 5.48 Å². The summed E-state index contributed by atoms with van der Waals surface area (Å²) in [6, 6.07) is -0.516. The lowest BCUT2D eigenvalue weighted by Gasteiger charge is -2.03. The third-order valence-corrected chi connectivity index (χ3v) is 1.12. The molecule has 1 saturated heterocycles. The van der Waals surface area contributed by atoms with E-state index < -0.39 is 6.04 Å². The predicted molar refractivity (Wildman–Crippen MR) is 31.7 cm³/mol. The number of rotatable bonds is 1. The van der Waals surface area contributed by atoms with Crippen molar-refractivity contribution in [2.75, 3.05) is 6.61 Å². The highest BCUT2D eigenvalue weighted by atomic mass is 16.7. The molecule has 2 N–H and O–H groups in total. The second kappa shape index (κ2) is 2.66. The molecule has 0 bridgehead atoms. The first-order valence-corrected chi connectivity index (χ1v) is 2.89. The highest BCUT2D eigenvalue weighted by molar-refractivity contribution is 5.87. The van der Waals surface area contributed by atoms with Crippen molar-refractivity contribution in [3.63, 3.8) is 0 Å². The molecule has 5 nitrogen and oxygen atoms in total. The molecule has 1 rings (SSSR count). The summed E-state index contributed by atoms with van der Waals surface area (Å²) in [7, 11) is 0. The molecule has 1 atom stereocenters. The normalized spacial score (nSPS) is 24.1. The smallest absolute Gasteiger partial charge is 0.268 e. The Hall–Kier alpha value is -1.10. The van der Waals surface area contributed by atoms with Crippen LogP contribution in [-0.4, -0.2) is 24.5 Å². The zero-order chi connectivity index (χ0) is 7.56. The molecule has 1 aliphatic rings. The van der Waals surface area contributed by atoms with Crippen molar-refractivity contribution in [3.8, 4) is 0 Å². The van der Waals surface area contributed by atoms with Crippen molar-refractivity contribution in [3.05, 3.63) is 0 Å². The molecule has 5 heteroatoms. The summed E-state index contributed by atoms with van der Waals surface area (Å²) in [5.41, 5.74) is 2.12. The quantitative estimate of drug-likeness (QED) is 0.473. The molecule has 0 saturated carbocycles. The number of hydrogen-bond acceptors (Lipinski definition) is 3. The topological polar surface area (TPSA) is 67.4 Å². The van der Waals surface area contributed by atoms with Crippen LogP contribution in [0.5, 0.6) is 0 Å². The number of amides is 2. The van der Waals surface area contributed by atoms with Crippen LogP contribution in [0.15, 0.2) is 0 Å². The van der Waals surface area contributed by atoms with Crippen LogP contribution in [0.4, 0.5) is 0 Å². The van der Waals surface area contributed by atoms with Crippen LogP contribution in [0, 0.1) is 0 Å². The van der Waals surface area contributed by atoms with Crippen molar-refractivity contribution < 1.29 is 14.4 Å². The van der Waals surface area contributed by atoms with Crippen molar-refractivity contribution in [1.82, 2.24) is 10.8 Å². The molecule has 0 aromatic rings. The van der Waals surface area contributed by atoms with Gasteiger partial charge in [0.25, 0.3) is 5.91 Å². The second-order valence-corrected chi connectivity index (χ2v) is 2.03. The molecule has 2 amide bonds. The molecule has 1 fully saturated rings. The molecule has 10 heavy (non-hydrogen) atoms. The van der Waals surface area contributed by atoms with Crippen molar-refractivity contribution >= 4 is 11.8 Å². The van der Waals surface area contributed by atoms with Gasteiger partial charge in [-0.3, -0.25) is 14.4 Å². The lowest BCUT2D eigenvalue weighted by Crippen LogP contribution is -2.40. The van der Waals surface area contributed by atoms with E-state index in [0.717, 1.165) is 0 Å². The van der Waals surface area contributed by atoms with Crippen LogP contribution in [0.2, 0.25) is 0 Å². The summed E-state index contributed by atoms with van der Waals surface area (Å²) in [6.45, 7) is 1.56. The third kappa shape index (κ3) is 1.44. The summed E-state index contributed by atoms with van der Waals surface area (Å²) in [4.78, 5) is 25.6. The van der Waals surface area contributed by atoms with E-state index in [1.807, 2.05) is 0 Å². The predicted octanol–water partition coefficient (Wildman–Crippen LogP) is -1.45. The Bertz CT molecular complexity index is 168. The van der Waals surface area contributed by atoms with Gasteiger partial charge in [0.15, 0.2) is 0 Å². The van der Waals surface area contributed by atoms with Crippen molar-refractivity contribution in [2.45, 2.75) is 13.0 Å². The Morgan fingerprint density at radius 3 is 3.00 bits per heavy atom. The Labute approximate surface area is 57.7 Å². The van der Waals surface area contributed by atoms with Gasteiger partial charge in [-0.15, -0.1) is 0 Å². The van der Waals surface area contributed by atoms with E-state index in [0.29, 0.717) is 0 Å². The van der Waals surface area contributed by atoms with Crippen LogP contribution in [0.1, 0.15) is 6.92 Å². The molecule has 0 aliphatic carbocycles. The van der Waals surface area contributed by atoms with Gasteiger partial charge < -0.3 is 5.32 Å². The van der Waals surface area contributed by atoms with Crippen LogP contribution < -0.4 is 10.8 Å². The summed E-state index contributed by atoms with van der Waals surface area (Å²) in [6.07, 6.45) is 0. The minimum Gasteiger partial charge on any atom is -0.342 e. The number of hydrogen-bond donors (Lipinski definition) is 2. The number of nitrogens with one attached hydrogen (secondary N) is 2. The fourth-order valence-electron chi connectivity index (χ4n) is 0.696. The van der Waals surface area contributed by atoms with Gasteiger partial charge in [-0.1, -0.05) is 0 Å². The maximum Gasteiger partial charge on any atom is 0.268 e. The summed E-state index contributed by atoms with van der Waals surface area (Å²) < 4.78 is 0. The average molecular weight is 144 g/mol. The highest BCUT2D eigenvalue weighted by Gasteiger charge is 2.25. The molecule has 0 aromatic carbocycles. The van der Waals surface area contributed by atoms with Crippen molar-refractivity contribution in [2.24, 2.45) is 0 Å². The maximum atomic E-state index is 10.7. The molecule has 56 valence electrons. The van der Waals surface area contributed by atoms with Crippen LogP contribution in [0.3, 0.4) is 0 Å². The minimum atomic E-state index is -0.516. The molecule has 0 aromatic heterocycles. The second-order valence-electron chi connectivity index (χ2n) is 2.03. The largest absolute Gasteiger partial charge is 0.342 e. The molecule has 0 spiro atoms. The molecular weight excluding hydrogens is 136 g/mol. The zero-order valence-electron chi connectivity index (χ0n) is 5.51. The van der Waals surface area contributed by atoms with Crippen LogP contribution >= 0.6 is 0 Å². The van der Waals surface area contributed by atoms with E-state index >= 15 is 0 Å². The SMILES string of the molecule is CC(=O)N[C@@H]1CONC1=O. The van der Waals surface area contributed by atoms with Gasteiger partial charge in [0.2, 0.25) is 5.91 Å². The van der Waals surface area contributed by atoms with Gasteiger partial charge >= 0.3 is 0 Å². The lowest BCUT2D eigenvalue weighted by atomic mass is 10.3. The van der Waals surface area contributed by atoms with Gasteiger partial charge in [-0.05, 0) is 0 Å². The lowest BCUT2D eigenvalue weighted by molar-refractivity contribution is -0.128. The number of carbonyl (C=O) groups excluding carboxylic acids is 2. The number of hydroxylamine groups is 1. The summed E-state index contributed by atoms with van der Waals surface area (Å²) in [5, 5.41) is 2.42. The van der Waals surface area contributed by atoms with Gasteiger partial charge in [0.05, 0.1) is 0 Å². The van der Waals surface area contributed by atoms with Gasteiger partial charge in [0, 0.05) is 6.92 Å². The van der Waals surface area contributed by atoms with E-state index in [1.165, 1.54) is 6.92 Å². The Morgan fingerprint density at radius 2 is 2.60 bits per heavy atom. The highest BCUT2D eigenvalue weighted by Crippen LogP contribution is 1.92. The summed E-state index contributed by atoms with van der Waals surface area (Å²) in [5.74, 6) is -0.527. The van der Waals surface area contributed by atoms with Gasteiger partial charge in [0.1, 0.15) is 12.6 Å². The number of carbonyl (C=O) groups is 2. The molecule has 1 heterocycles. The van der Waals surface area contributed by atoms with E-state index in [9.17, 15) is 9.59 Å². The Morgan fingerprint density at radius 1 is 1.90 bits per heavy atom. The van der Waals surface area contributed by atoms with E-state index in [2.05, 4.69) is 15.6 Å². The molecule has 1 aliphatic heterocycles. The monoisotopic (exact) mass is 144 g/mol. The fourth-order valence-corrected chi connectivity index (χ4v) is 0.696. The Balaban J connectivity index is 2.40. The molecule has 0 radical (unpaired) electrons. The van der Waals surface area contributed by atoms with Crippen LogP contribution in [0.25, 0.3) is 0 Å². The maximum absolute atomic E-state index is 10.7. The van der Waals surface area contributed by atoms with Crippen LogP contribution in [-0.2, 0) is 14.4 Å². The third-order valence-electron chi connectivity index (χ3n) is 1.12. The minimum absolute atomic E-state index is 0.207. The first-order chi connectivity index (χ1) is 4.70. The van der Waals surface area contributed by atoms with E-state index in [-0.39, 0.29) is 18.4 Å². The van der Waals surface area contributed by atoms with Gasteiger partial charge in [-0.2, -0.15) is 0 Å². The molecule has 0 unspecified atom stereocenters. The van der Waals surface area contributed by atoms with E-state index in [1.54, 1.807) is 0 Å². The van der Waals surface area contributed by atoms with E-state index in [4.69, 9.17) is 0 Å². The Kier molecular flexibility index (Phi) is 1.86. The first kappa shape index (κ1) is 7.01. The van der Waals surface area contributed by atoms with Crippen molar-refractivity contribution in [1.29, 1.82) is 0 Å². The fraction of sp³-hybridized carbons (Fsp3) is 0.600. The first-order valence-electron chi connectivity index (χ1n) is 2.89. The standard InChI is InChI=1S/C5H8N2O3/c1-3(8)6-4-2-10-7-5(4)9/h4H,2H2,1H3,(H,6,8)(H,7,9)/t4-/m1/s1. The average Bonchev–Trinajstić information content (AvgIpc) is 2.15. The summed E-state index contributed by atoms with van der Waals surface area (Å²) >= 11 is 0. The molecular formula is C5H8N2O3. The zero-order valence-corrected chi connectivity index (χ0v) is 5.51.